The third-order valence-corrected chi connectivity index (χ3v) is 4.18. The molecule has 0 aromatic heterocycles. The number of piperidine rings is 1. The number of hydrogen-bond donors (Lipinski definition) is 3. The minimum Gasteiger partial charge on any atom is -0.464 e. The van der Waals surface area contributed by atoms with Gasteiger partial charge in [0.15, 0.2) is 5.03 Å². The van der Waals surface area contributed by atoms with Gasteiger partial charge in [0, 0.05) is 13.1 Å². The molecule has 1 aliphatic rings. The molecule has 11 heteroatoms. The normalized spacial score (nSPS) is 21.8. The van der Waals surface area contributed by atoms with Crippen molar-refractivity contribution in [2.75, 3.05) is 19.7 Å². The highest BCUT2D eigenvalue weighted by Crippen LogP contribution is 2.24. The Labute approximate surface area is 152 Å². The first-order valence-corrected chi connectivity index (χ1v) is 8.69. The first-order chi connectivity index (χ1) is 12.3. The molecule has 0 aromatic rings. The van der Waals surface area contributed by atoms with Crippen LogP contribution in [0.4, 0.5) is 0 Å². The number of nitrogens with zero attached hydrogens (tertiary/aromatic N) is 3. The van der Waals surface area contributed by atoms with Crippen molar-refractivity contribution < 1.29 is 19.4 Å². The number of guanidine groups is 1. The topological polar surface area (TPSA) is 166 Å². The lowest BCUT2D eigenvalue weighted by molar-refractivity contribution is -0.525. The van der Waals surface area contributed by atoms with Gasteiger partial charge >= 0.3 is 5.97 Å². The summed E-state index contributed by atoms with van der Waals surface area (Å²) in [5, 5.41) is 9.39. The maximum atomic E-state index is 12.6. The number of amides is 1. The monoisotopic (exact) mass is 372 g/mol. The molecule has 0 aliphatic carbocycles. The summed E-state index contributed by atoms with van der Waals surface area (Å²) < 4.78 is 5.08. The molecule has 1 amide bonds. The number of carbonyl (C=O) groups is 2. The average Bonchev–Trinajstić information content (AvgIpc) is 2.57. The summed E-state index contributed by atoms with van der Waals surface area (Å²) in [6.45, 7) is 4.69. The molecule has 1 saturated heterocycles. The lowest BCUT2D eigenvalue weighted by Gasteiger charge is -2.38. The molecule has 1 fully saturated rings. The van der Waals surface area contributed by atoms with Crippen molar-refractivity contribution in [3.63, 3.8) is 0 Å². The molecule has 1 rings (SSSR count). The Hall–Kier alpha value is -2.43. The summed E-state index contributed by atoms with van der Waals surface area (Å²) in [5.41, 5.74) is 13.0. The molecule has 3 atom stereocenters. The van der Waals surface area contributed by atoms with Gasteiger partial charge in [0.2, 0.25) is 5.91 Å². The van der Waals surface area contributed by atoms with Crippen LogP contribution in [0.1, 0.15) is 39.5 Å². The predicted molar refractivity (Wildman–Crippen MR) is 94.4 cm³/mol. The molecular formula is C15H28N6O5. The van der Waals surface area contributed by atoms with Gasteiger partial charge in [-0.25, -0.2) is 19.9 Å². The van der Waals surface area contributed by atoms with Crippen LogP contribution in [0.15, 0.2) is 4.99 Å². The van der Waals surface area contributed by atoms with Crippen LogP contribution in [0.3, 0.4) is 0 Å². The number of hydrazine groups is 1. The van der Waals surface area contributed by atoms with Crippen molar-refractivity contribution in [1.82, 2.24) is 10.3 Å². The Morgan fingerprint density at radius 1 is 1.50 bits per heavy atom. The zero-order valence-corrected chi connectivity index (χ0v) is 15.2. The van der Waals surface area contributed by atoms with Crippen molar-refractivity contribution in [1.29, 1.82) is 0 Å². The van der Waals surface area contributed by atoms with Crippen LogP contribution >= 0.6 is 0 Å². The summed E-state index contributed by atoms with van der Waals surface area (Å²) >= 11 is 0. The van der Waals surface area contributed by atoms with Crippen molar-refractivity contribution >= 4 is 17.8 Å². The van der Waals surface area contributed by atoms with E-state index in [0.717, 1.165) is 6.42 Å². The molecule has 11 nitrogen and oxygen atoms in total. The quantitative estimate of drug-likeness (QED) is 0.127. The second-order valence-corrected chi connectivity index (χ2v) is 6.31. The zero-order valence-electron chi connectivity index (χ0n) is 15.2. The van der Waals surface area contributed by atoms with E-state index in [1.165, 1.54) is 4.90 Å². The zero-order chi connectivity index (χ0) is 19.7. The van der Waals surface area contributed by atoms with E-state index in [1.807, 2.05) is 6.92 Å². The van der Waals surface area contributed by atoms with Crippen molar-refractivity contribution in [3.05, 3.63) is 10.1 Å². The van der Waals surface area contributed by atoms with Crippen LogP contribution in [0.25, 0.3) is 0 Å². The summed E-state index contributed by atoms with van der Waals surface area (Å²) in [4.78, 5) is 40.3. The Balaban J connectivity index is 2.56. The lowest BCUT2D eigenvalue weighted by Crippen LogP contribution is -2.55. The van der Waals surface area contributed by atoms with E-state index < -0.39 is 23.1 Å². The smallest absolute Gasteiger partial charge is 0.328 e. The van der Waals surface area contributed by atoms with Crippen LogP contribution in [-0.2, 0) is 14.3 Å². The molecule has 0 saturated carbocycles. The standard InChI is InChI=1S/C15H28N6O5/c1-3-26-14(23)12-9-10(2)6-8-20(12)13(22)11(16)5-4-7-18-15(17)19-21(24)25/h10-12H,3-9,16H2,1-2H3,(H3,17,18,19)/t10-,11?,12-/m1/s1. The third-order valence-electron chi connectivity index (χ3n) is 4.18. The van der Waals surface area contributed by atoms with E-state index in [1.54, 1.807) is 12.3 Å². The Morgan fingerprint density at radius 3 is 2.81 bits per heavy atom. The summed E-state index contributed by atoms with van der Waals surface area (Å²) in [7, 11) is 0. The maximum absolute atomic E-state index is 12.6. The third kappa shape index (κ3) is 6.82. The van der Waals surface area contributed by atoms with Crippen LogP contribution in [0, 0.1) is 16.0 Å². The van der Waals surface area contributed by atoms with Gasteiger partial charge in [0.05, 0.1) is 12.6 Å². The number of hydrogen-bond acceptors (Lipinski definition) is 7. The second-order valence-electron chi connectivity index (χ2n) is 6.31. The SMILES string of the molecule is CCOC(=O)[C@H]1C[C@H](C)CCN1C(=O)C(N)CCCN=C(N)N[N+](=O)[O-]. The largest absolute Gasteiger partial charge is 0.464 e. The van der Waals surface area contributed by atoms with Gasteiger partial charge < -0.3 is 21.1 Å². The van der Waals surface area contributed by atoms with Crippen molar-refractivity contribution in [2.24, 2.45) is 22.4 Å². The number of nitro groups is 1. The molecule has 0 aromatic carbocycles. The molecule has 5 N–H and O–H groups in total. The molecular weight excluding hydrogens is 344 g/mol. The highest BCUT2D eigenvalue weighted by Gasteiger charge is 2.37. The van der Waals surface area contributed by atoms with Gasteiger partial charge in [-0.1, -0.05) is 12.3 Å². The molecule has 1 unspecified atom stereocenters. The number of rotatable bonds is 8. The predicted octanol–water partition coefficient (Wildman–Crippen LogP) is -0.620. The number of ether oxygens (including phenoxy) is 1. The molecule has 1 aliphatic heterocycles. The number of likely N-dealkylation sites (tertiary alicyclic amines) is 1. The Morgan fingerprint density at radius 2 is 2.19 bits per heavy atom. The highest BCUT2D eigenvalue weighted by atomic mass is 16.7. The maximum Gasteiger partial charge on any atom is 0.328 e. The van der Waals surface area contributed by atoms with Gasteiger partial charge in [0.25, 0.3) is 5.96 Å². The lowest BCUT2D eigenvalue weighted by atomic mass is 9.91. The van der Waals surface area contributed by atoms with Gasteiger partial charge in [-0.15, -0.1) is 0 Å². The van der Waals surface area contributed by atoms with E-state index in [9.17, 15) is 19.7 Å². The van der Waals surface area contributed by atoms with E-state index in [-0.39, 0.29) is 25.0 Å². The first kappa shape index (κ1) is 21.6. The summed E-state index contributed by atoms with van der Waals surface area (Å²) in [6, 6.07) is -1.38. The summed E-state index contributed by atoms with van der Waals surface area (Å²) in [6.07, 6.45) is 2.13. The number of nitrogens with one attached hydrogen (secondary N) is 1. The van der Waals surface area contributed by atoms with Gasteiger partial charge in [-0.05, 0) is 38.5 Å². The molecule has 148 valence electrons. The second kappa shape index (κ2) is 10.5. The first-order valence-electron chi connectivity index (χ1n) is 8.69. The molecule has 0 bridgehead atoms. The van der Waals surface area contributed by atoms with E-state index >= 15 is 0 Å². The number of esters is 1. The minimum atomic E-state index is -0.805. The van der Waals surface area contributed by atoms with E-state index in [2.05, 4.69) is 4.99 Å². The Kier molecular flexibility index (Phi) is 8.76. The highest BCUT2D eigenvalue weighted by molar-refractivity contribution is 5.87. The Bertz CT molecular complexity index is 541. The fourth-order valence-electron chi connectivity index (χ4n) is 2.84. The van der Waals surface area contributed by atoms with Gasteiger partial charge in [-0.3, -0.25) is 4.79 Å². The molecule has 26 heavy (non-hydrogen) atoms. The number of carbonyl (C=O) groups excluding carboxylic acids is 2. The van der Waals surface area contributed by atoms with Crippen molar-refractivity contribution in [2.45, 2.75) is 51.6 Å². The van der Waals surface area contributed by atoms with Crippen LogP contribution in [0.5, 0.6) is 0 Å². The minimum absolute atomic E-state index is 0.200. The van der Waals surface area contributed by atoms with E-state index in [4.69, 9.17) is 16.2 Å². The number of aliphatic imine (C=N–C) groups is 1. The van der Waals surface area contributed by atoms with Crippen LogP contribution < -0.4 is 16.9 Å². The van der Waals surface area contributed by atoms with Crippen LogP contribution in [-0.4, -0.2) is 59.5 Å². The van der Waals surface area contributed by atoms with Crippen LogP contribution in [0.2, 0.25) is 0 Å². The fraction of sp³-hybridized carbons (Fsp3) is 0.800. The van der Waals surface area contributed by atoms with E-state index in [0.29, 0.717) is 31.7 Å². The van der Waals surface area contributed by atoms with Gasteiger partial charge in [0.1, 0.15) is 6.04 Å². The van der Waals surface area contributed by atoms with Gasteiger partial charge in [-0.2, -0.15) is 0 Å². The molecule has 0 radical (unpaired) electrons. The average molecular weight is 372 g/mol. The molecule has 0 spiro atoms. The number of nitrogens with two attached hydrogens (primary N) is 2. The van der Waals surface area contributed by atoms with Crippen molar-refractivity contribution in [3.8, 4) is 0 Å². The molecule has 1 heterocycles. The fourth-order valence-corrected chi connectivity index (χ4v) is 2.84. The summed E-state index contributed by atoms with van der Waals surface area (Å²) in [5.74, 6) is -0.670.